The zero-order valence-electron chi connectivity index (χ0n) is 11.6. The molecule has 19 heavy (non-hydrogen) atoms. The average molecular weight is 261 g/mol. The zero-order valence-corrected chi connectivity index (χ0v) is 11.6. The highest BCUT2D eigenvalue weighted by Crippen LogP contribution is 2.13. The smallest absolute Gasteiger partial charge is 0.123 e. The second-order valence-corrected chi connectivity index (χ2v) is 5.00. The van der Waals surface area contributed by atoms with Gasteiger partial charge in [0, 0.05) is 25.3 Å². The number of hydrogen-bond acceptors (Lipinski definition) is 2. The molecule has 1 aromatic carbocycles. The first-order valence-electron chi connectivity index (χ1n) is 6.54. The van der Waals surface area contributed by atoms with Crippen LogP contribution < -0.4 is 5.32 Å². The maximum absolute atomic E-state index is 12.8. The summed E-state index contributed by atoms with van der Waals surface area (Å²) in [6.07, 6.45) is 2.68. The van der Waals surface area contributed by atoms with Crippen LogP contribution >= 0.6 is 0 Å². The molecule has 1 heterocycles. The first kappa shape index (κ1) is 13.7. The van der Waals surface area contributed by atoms with Crippen LogP contribution in [0.3, 0.4) is 0 Å². The van der Waals surface area contributed by atoms with Crippen LogP contribution in [-0.4, -0.2) is 15.8 Å². The lowest BCUT2D eigenvalue weighted by Crippen LogP contribution is -2.31. The van der Waals surface area contributed by atoms with Crippen LogP contribution in [-0.2, 0) is 13.5 Å². The van der Waals surface area contributed by atoms with Crippen LogP contribution in [0, 0.1) is 5.82 Å². The summed E-state index contributed by atoms with van der Waals surface area (Å²) < 4.78 is 14.7. The summed E-state index contributed by atoms with van der Waals surface area (Å²) in [4.78, 5) is 0. The van der Waals surface area contributed by atoms with Crippen LogP contribution in [0.2, 0.25) is 0 Å². The molecule has 0 saturated heterocycles. The van der Waals surface area contributed by atoms with Gasteiger partial charge in [-0.25, -0.2) is 4.39 Å². The Balaban J connectivity index is 1.92. The summed E-state index contributed by atoms with van der Waals surface area (Å²) in [5, 5.41) is 7.71. The molecule has 0 spiro atoms. The van der Waals surface area contributed by atoms with Gasteiger partial charge in [-0.05, 0) is 44.0 Å². The SMILES string of the molecule is CC(Cc1ccc(F)cc1)NC(C)c1ccnn1C. The van der Waals surface area contributed by atoms with E-state index in [4.69, 9.17) is 0 Å². The first-order chi connectivity index (χ1) is 9.06. The molecule has 2 atom stereocenters. The number of aromatic nitrogens is 2. The molecule has 0 aliphatic rings. The van der Waals surface area contributed by atoms with Gasteiger partial charge in [0.1, 0.15) is 5.82 Å². The number of hydrogen-bond donors (Lipinski definition) is 1. The highest BCUT2D eigenvalue weighted by molar-refractivity contribution is 5.17. The van der Waals surface area contributed by atoms with E-state index in [1.807, 2.05) is 29.9 Å². The minimum absolute atomic E-state index is 0.187. The predicted molar refractivity (Wildman–Crippen MR) is 74.3 cm³/mol. The summed E-state index contributed by atoms with van der Waals surface area (Å²) in [7, 11) is 1.94. The van der Waals surface area contributed by atoms with E-state index in [-0.39, 0.29) is 11.9 Å². The molecule has 0 aliphatic carbocycles. The molecule has 102 valence electrons. The van der Waals surface area contributed by atoms with Crippen molar-refractivity contribution in [3.05, 3.63) is 53.6 Å². The van der Waals surface area contributed by atoms with E-state index in [2.05, 4.69) is 24.3 Å². The summed E-state index contributed by atoms with van der Waals surface area (Å²) in [6, 6.07) is 9.25. The summed E-state index contributed by atoms with van der Waals surface area (Å²) in [5.74, 6) is -0.187. The third-order valence-corrected chi connectivity index (χ3v) is 3.29. The first-order valence-corrected chi connectivity index (χ1v) is 6.54. The Morgan fingerprint density at radius 2 is 1.89 bits per heavy atom. The highest BCUT2D eigenvalue weighted by Gasteiger charge is 2.12. The Bertz CT molecular complexity index is 518. The summed E-state index contributed by atoms with van der Waals surface area (Å²) in [6.45, 7) is 4.26. The molecule has 0 radical (unpaired) electrons. The molecule has 3 nitrogen and oxygen atoms in total. The molecule has 1 N–H and O–H groups in total. The average Bonchev–Trinajstić information content (AvgIpc) is 2.78. The van der Waals surface area contributed by atoms with Crippen LogP contribution in [0.5, 0.6) is 0 Å². The Morgan fingerprint density at radius 1 is 1.21 bits per heavy atom. The second kappa shape index (κ2) is 5.97. The van der Waals surface area contributed by atoms with E-state index in [0.717, 1.165) is 17.7 Å². The fourth-order valence-corrected chi connectivity index (χ4v) is 2.35. The molecule has 4 heteroatoms. The van der Waals surface area contributed by atoms with Crippen molar-refractivity contribution in [2.75, 3.05) is 0 Å². The van der Waals surface area contributed by atoms with E-state index in [1.54, 1.807) is 6.20 Å². The van der Waals surface area contributed by atoms with E-state index < -0.39 is 0 Å². The van der Waals surface area contributed by atoms with Gasteiger partial charge in [0.25, 0.3) is 0 Å². The van der Waals surface area contributed by atoms with Crippen LogP contribution in [0.1, 0.15) is 31.1 Å². The molecule has 0 aliphatic heterocycles. The molecule has 0 saturated carbocycles. The topological polar surface area (TPSA) is 29.9 Å². The van der Waals surface area contributed by atoms with Gasteiger partial charge in [-0.2, -0.15) is 5.10 Å². The van der Waals surface area contributed by atoms with Gasteiger partial charge >= 0.3 is 0 Å². The number of nitrogens with one attached hydrogen (secondary N) is 1. The minimum Gasteiger partial charge on any atom is -0.306 e. The van der Waals surface area contributed by atoms with Crippen LogP contribution in [0.4, 0.5) is 4.39 Å². The highest BCUT2D eigenvalue weighted by atomic mass is 19.1. The van der Waals surface area contributed by atoms with Crippen molar-refractivity contribution in [2.45, 2.75) is 32.4 Å². The molecule has 0 amide bonds. The molecule has 1 aromatic heterocycles. The maximum Gasteiger partial charge on any atom is 0.123 e. The maximum atomic E-state index is 12.8. The molecule has 2 rings (SSSR count). The Morgan fingerprint density at radius 3 is 2.47 bits per heavy atom. The van der Waals surface area contributed by atoms with Crippen LogP contribution in [0.15, 0.2) is 36.5 Å². The van der Waals surface area contributed by atoms with Crippen molar-refractivity contribution in [2.24, 2.45) is 7.05 Å². The monoisotopic (exact) mass is 261 g/mol. The van der Waals surface area contributed by atoms with Gasteiger partial charge in [0.15, 0.2) is 0 Å². The van der Waals surface area contributed by atoms with Gasteiger partial charge in [0.2, 0.25) is 0 Å². The standard InChI is InChI=1S/C15H20FN3/c1-11(10-13-4-6-14(16)7-5-13)18-12(2)15-8-9-17-19(15)3/h4-9,11-12,18H,10H2,1-3H3. The fraction of sp³-hybridized carbons (Fsp3) is 0.400. The van der Waals surface area contributed by atoms with E-state index >= 15 is 0 Å². The number of benzene rings is 1. The quantitative estimate of drug-likeness (QED) is 0.897. The van der Waals surface area contributed by atoms with Gasteiger partial charge in [-0.3, -0.25) is 4.68 Å². The minimum atomic E-state index is -0.187. The van der Waals surface area contributed by atoms with Crippen molar-refractivity contribution in [3.63, 3.8) is 0 Å². The Labute approximate surface area is 113 Å². The summed E-state index contributed by atoms with van der Waals surface area (Å²) in [5.41, 5.74) is 2.30. The molecule has 0 fully saturated rings. The van der Waals surface area contributed by atoms with Gasteiger partial charge < -0.3 is 5.32 Å². The Hall–Kier alpha value is -1.68. The van der Waals surface area contributed by atoms with Crippen molar-refractivity contribution in [3.8, 4) is 0 Å². The van der Waals surface area contributed by atoms with E-state index in [9.17, 15) is 4.39 Å². The second-order valence-electron chi connectivity index (χ2n) is 5.00. The largest absolute Gasteiger partial charge is 0.306 e. The molecule has 0 bridgehead atoms. The number of aryl methyl sites for hydroxylation is 1. The summed E-state index contributed by atoms with van der Waals surface area (Å²) >= 11 is 0. The van der Waals surface area contributed by atoms with Gasteiger partial charge in [-0.1, -0.05) is 12.1 Å². The number of halogens is 1. The van der Waals surface area contributed by atoms with Crippen molar-refractivity contribution in [1.82, 2.24) is 15.1 Å². The fourth-order valence-electron chi connectivity index (χ4n) is 2.35. The van der Waals surface area contributed by atoms with Crippen LogP contribution in [0.25, 0.3) is 0 Å². The third-order valence-electron chi connectivity index (χ3n) is 3.29. The van der Waals surface area contributed by atoms with Gasteiger partial charge in [-0.15, -0.1) is 0 Å². The lowest BCUT2D eigenvalue weighted by atomic mass is 10.1. The normalized spacial score (nSPS) is 14.3. The van der Waals surface area contributed by atoms with E-state index in [1.165, 1.54) is 12.1 Å². The lowest BCUT2D eigenvalue weighted by Gasteiger charge is -2.20. The van der Waals surface area contributed by atoms with Crippen molar-refractivity contribution < 1.29 is 4.39 Å². The zero-order chi connectivity index (χ0) is 13.8. The third kappa shape index (κ3) is 3.64. The lowest BCUT2D eigenvalue weighted by molar-refractivity contribution is 0.455. The molecule has 2 aromatic rings. The van der Waals surface area contributed by atoms with E-state index in [0.29, 0.717) is 6.04 Å². The van der Waals surface area contributed by atoms with Gasteiger partial charge in [0.05, 0.1) is 5.69 Å². The van der Waals surface area contributed by atoms with Crippen molar-refractivity contribution in [1.29, 1.82) is 0 Å². The van der Waals surface area contributed by atoms with Crippen molar-refractivity contribution >= 4 is 0 Å². The Kier molecular flexibility index (Phi) is 4.32. The number of nitrogens with zero attached hydrogens (tertiary/aromatic N) is 2. The number of rotatable bonds is 5. The molecule has 2 unspecified atom stereocenters. The molecular formula is C15H20FN3. The predicted octanol–water partition coefficient (Wildman–Crippen LogP) is 2.84. The molecular weight excluding hydrogens is 241 g/mol.